The molecule has 0 aromatic heterocycles. The highest BCUT2D eigenvalue weighted by molar-refractivity contribution is 5.35. The first kappa shape index (κ1) is 14.4. The van der Waals surface area contributed by atoms with E-state index in [4.69, 9.17) is 9.47 Å². The zero-order chi connectivity index (χ0) is 13.5. The Morgan fingerprint density at radius 2 is 1.95 bits per heavy atom. The first-order valence-corrected chi connectivity index (χ1v) is 7.28. The van der Waals surface area contributed by atoms with Gasteiger partial charge in [-0.05, 0) is 26.0 Å². The maximum absolute atomic E-state index is 6.32. The third kappa shape index (κ3) is 3.95. The lowest BCUT2D eigenvalue weighted by Crippen LogP contribution is -2.26. The number of rotatable bonds is 6. The first-order chi connectivity index (χ1) is 9.35. The smallest absolute Gasteiger partial charge is 0.124 e. The summed E-state index contributed by atoms with van der Waals surface area (Å²) in [7, 11) is 3.68. The van der Waals surface area contributed by atoms with Crippen LogP contribution in [0.4, 0.5) is 0 Å². The zero-order valence-electron chi connectivity index (χ0n) is 12.0. The summed E-state index contributed by atoms with van der Waals surface area (Å²) in [6, 6.07) is 8.15. The second-order valence-electron chi connectivity index (χ2n) is 5.18. The fourth-order valence-electron chi connectivity index (χ4n) is 2.78. The molecular weight excluding hydrogens is 238 g/mol. The monoisotopic (exact) mass is 263 g/mol. The van der Waals surface area contributed by atoms with E-state index in [1.165, 1.54) is 32.1 Å². The number of hydrogen-bond acceptors (Lipinski definition) is 3. The molecule has 1 aliphatic carbocycles. The molecule has 3 heteroatoms. The minimum atomic E-state index is 0.0734. The van der Waals surface area contributed by atoms with Crippen molar-refractivity contribution >= 4 is 0 Å². The molecule has 1 aliphatic rings. The molecule has 1 unspecified atom stereocenters. The van der Waals surface area contributed by atoms with Crippen LogP contribution in [0.15, 0.2) is 24.3 Å². The van der Waals surface area contributed by atoms with Crippen molar-refractivity contribution in [3.63, 3.8) is 0 Å². The fraction of sp³-hybridized carbons (Fsp3) is 0.625. The summed E-state index contributed by atoms with van der Waals surface area (Å²) in [5, 5.41) is 3.23. The van der Waals surface area contributed by atoms with Gasteiger partial charge in [0.1, 0.15) is 5.75 Å². The van der Waals surface area contributed by atoms with E-state index in [1.54, 1.807) is 7.11 Å². The van der Waals surface area contributed by atoms with Crippen molar-refractivity contribution in [1.29, 1.82) is 0 Å². The molecule has 3 nitrogen and oxygen atoms in total. The average molecular weight is 263 g/mol. The number of methoxy groups -OCH3 is 1. The van der Waals surface area contributed by atoms with E-state index < -0.39 is 0 Å². The Balaban J connectivity index is 2.09. The van der Waals surface area contributed by atoms with Crippen molar-refractivity contribution in [1.82, 2.24) is 5.32 Å². The number of nitrogens with one attached hydrogen (secondary N) is 1. The molecule has 1 aromatic rings. The molecule has 1 N–H and O–H groups in total. The van der Waals surface area contributed by atoms with E-state index in [0.29, 0.717) is 6.10 Å². The van der Waals surface area contributed by atoms with Crippen molar-refractivity contribution in [2.75, 3.05) is 20.7 Å². The largest absolute Gasteiger partial charge is 0.496 e. The minimum Gasteiger partial charge on any atom is -0.496 e. The molecule has 0 spiro atoms. The molecule has 0 saturated heterocycles. The first-order valence-electron chi connectivity index (χ1n) is 7.28. The quantitative estimate of drug-likeness (QED) is 0.854. The second kappa shape index (κ2) is 7.51. The van der Waals surface area contributed by atoms with E-state index in [0.717, 1.165) is 17.9 Å². The molecule has 0 heterocycles. The van der Waals surface area contributed by atoms with Gasteiger partial charge >= 0.3 is 0 Å². The number of benzene rings is 1. The van der Waals surface area contributed by atoms with Crippen molar-refractivity contribution in [2.24, 2.45) is 0 Å². The van der Waals surface area contributed by atoms with Crippen LogP contribution >= 0.6 is 0 Å². The van der Waals surface area contributed by atoms with Crippen LogP contribution in [0.2, 0.25) is 0 Å². The Bertz CT molecular complexity index is 375. The highest BCUT2D eigenvalue weighted by Gasteiger charge is 2.22. The predicted octanol–water partition coefficient (Wildman–Crippen LogP) is 3.31. The Morgan fingerprint density at radius 3 is 2.63 bits per heavy atom. The van der Waals surface area contributed by atoms with Crippen LogP contribution in [0.1, 0.15) is 43.8 Å². The third-order valence-corrected chi connectivity index (χ3v) is 3.78. The number of hydrogen-bond donors (Lipinski definition) is 1. The van der Waals surface area contributed by atoms with Crippen LogP contribution in [0.5, 0.6) is 5.75 Å². The molecule has 1 saturated carbocycles. The molecule has 106 valence electrons. The lowest BCUT2D eigenvalue weighted by Gasteiger charge is -2.28. The fourth-order valence-corrected chi connectivity index (χ4v) is 2.78. The third-order valence-electron chi connectivity index (χ3n) is 3.78. The summed E-state index contributed by atoms with van der Waals surface area (Å²) in [6.07, 6.45) is 6.79. The van der Waals surface area contributed by atoms with Gasteiger partial charge in [-0.1, -0.05) is 37.5 Å². The summed E-state index contributed by atoms with van der Waals surface area (Å²) in [4.78, 5) is 0. The maximum Gasteiger partial charge on any atom is 0.124 e. The number of para-hydroxylation sites is 1. The lowest BCUT2D eigenvalue weighted by molar-refractivity contribution is -0.0307. The van der Waals surface area contributed by atoms with Gasteiger partial charge in [-0.2, -0.15) is 0 Å². The number of likely N-dealkylation sites (N-methyl/N-ethyl adjacent to an activating group) is 1. The molecule has 0 radical (unpaired) electrons. The molecule has 1 atom stereocenters. The van der Waals surface area contributed by atoms with Crippen molar-refractivity contribution in [3.8, 4) is 5.75 Å². The van der Waals surface area contributed by atoms with Gasteiger partial charge < -0.3 is 14.8 Å². The normalized spacial score (nSPS) is 18.2. The van der Waals surface area contributed by atoms with Crippen molar-refractivity contribution < 1.29 is 9.47 Å². The maximum atomic E-state index is 6.32. The van der Waals surface area contributed by atoms with Crippen LogP contribution in [-0.2, 0) is 4.74 Å². The van der Waals surface area contributed by atoms with Crippen molar-refractivity contribution in [2.45, 2.75) is 44.3 Å². The number of ether oxygens (including phenoxy) is 2. The lowest BCUT2D eigenvalue weighted by atomic mass is 9.97. The highest BCUT2D eigenvalue weighted by Crippen LogP contribution is 2.31. The summed E-state index contributed by atoms with van der Waals surface area (Å²) in [6.45, 7) is 0.816. The molecule has 1 fully saturated rings. The highest BCUT2D eigenvalue weighted by atomic mass is 16.5. The minimum absolute atomic E-state index is 0.0734. The molecule has 1 aromatic carbocycles. The SMILES string of the molecule is CNCC(OC1CCCCC1)c1ccccc1OC. The van der Waals surface area contributed by atoms with Gasteiger partial charge in [0.2, 0.25) is 0 Å². The Kier molecular flexibility index (Phi) is 5.67. The van der Waals surface area contributed by atoms with E-state index >= 15 is 0 Å². The van der Waals surface area contributed by atoms with Crippen LogP contribution < -0.4 is 10.1 Å². The predicted molar refractivity (Wildman–Crippen MR) is 77.6 cm³/mol. The van der Waals surface area contributed by atoms with E-state index in [-0.39, 0.29) is 6.10 Å². The van der Waals surface area contributed by atoms with Crippen molar-refractivity contribution in [3.05, 3.63) is 29.8 Å². The van der Waals surface area contributed by atoms with Gasteiger partial charge in [0.25, 0.3) is 0 Å². The standard InChI is InChI=1S/C16H25NO2/c1-17-12-16(19-13-8-4-3-5-9-13)14-10-6-7-11-15(14)18-2/h6-7,10-11,13,16-17H,3-5,8-9,12H2,1-2H3. The molecule has 0 bridgehead atoms. The molecule has 0 amide bonds. The van der Waals surface area contributed by atoms with Crippen LogP contribution in [0.3, 0.4) is 0 Å². The van der Waals surface area contributed by atoms with Gasteiger partial charge in [0.15, 0.2) is 0 Å². The van der Waals surface area contributed by atoms with Crippen LogP contribution in [0.25, 0.3) is 0 Å². The Hall–Kier alpha value is -1.06. The summed E-state index contributed by atoms with van der Waals surface area (Å²) in [5.74, 6) is 0.915. The van der Waals surface area contributed by atoms with Gasteiger partial charge in [0, 0.05) is 12.1 Å². The van der Waals surface area contributed by atoms with Gasteiger partial charge in [-0.15, -0.1) is 0 Å². The summed E-state index contributed by atoms with van der Waals surface area (Å²) < 4.78 is 11.8. The zero-order valence-corrected chi connectivity index (χ0v) is 12.0. The van der Waals surface area contributed by atoms with Gasteiger partial charge in [0.05, 0.1) is 19.3 Å². The Labute approximate surface area is 116 Å². The molecule has 2 rings (SSSR count). The second-order valence-corrected chi connectivity index (χ2v) is 5.18. The van der Waals surface area contributed by atoms with Crippen LogP contribution in [0, 0.1) is 0 Å². The van der Waals surface area contributed by atoms with E-state index in [1.807, 2.05) is 25.2 Å². The molecular formula is C16H25NO2. The summed E-state index contributed by atoms with van der Waals surface area (Å²) in [5.41, 5.74) is 1.14. The average Bonchev–Trinajstić information content (AvgIpc) is 2.48. The topological polar surface area (TPSA) is 30.5 Å². The summed E-state index contributed by atoms with van der Waals surface area (Å²) >= 11 is 0. The van der Waals surface area contributed by atoms with Gasteiger partial charge in [-0.25, -0.2) is 0 Å². The molecule has 0 aliphatic heterocycles. The van der Waals surface area contributed by atoms with E-state index in [2.05, 4.69) is 11.4 Å². The van der Waals surface area contributed by atoms with E-state index in [9.17, 15) is 0 Å². The molecule has 19 heavy (non-hydrogen) atoms. The van der Waals surface area contributed by atoms with Crippen LogP contribution in [-0.4, -0.2) is 26.8 Å². The van der Waals surface area contributed by atoms with Gasteiger partial charge in [-0.3, -0.25) is 0 Å². The Morgan fingerprint density at radius 1 is 1.21 bits per heavy atom.